The Kier molecular flexibility index (Phi) is 27.7. The molecule has 4 heteroatoms. The summed E-state index contributed by atoms with van der Waals surface area (Å²) in [6, 6.07) is 0. The van der Waals surface area contributed by atoms with Gasteiger partial charge in [0, 0.05) is 13.2 Å². The summed E-state index contributed by atoms with van der Waals surface area (Å²) in [5.41, 5.74) is 0. The fraction of sp³-hybridized carbons (Fsp3) is 1.00. The number of rotatable bonds is 26. The quantitative estimate of drug-likeness (QED) is 0.143. The first-order valence-corrected chi connectivity index (χ1v) is 12.7. The number of hydrogen-bond acceptors (Lipinski definition) is 4. The Morgan fingerprint density at radius 1 is 0.276 bits per heavy atom. The molecule has 0 fully saturated rings. The van der Waals surface area contributed by atoms with E-state index in [1.165, 1.54) is 89.9 Å². The maximum Gasteiger partial charge on any atom is 0.0701 e. The molecule has 0 unspecified atom stereocenters. The molecule has 0 aromatic carbocycles. The molecule has 0 N–H and O–H groups in total. The van der Waals surface area contributed by atoms with Crippen molar-refractivity contribution in [3.05, 3.63) is 0 Å². The smallest absolute Gasteiger partial charge is 0.0701 e. The van der Waals surface area contributed by atoms with Crippen molar-refractivity contribution < 1.29 is 18.9 Å². The highest BCUT2D eigenvalue weighted by Crippen LogP contribution is 2.11. The van der Waals surface area contributed by atoms with Crippen LogP contribution in [0.5, 0.6) is 0 Å². The summed E-state index contributed by atoms with van der Waals surface area (Å²) < 4.78 is 22.2. The predicted molar refractivity (Wildman–Crippen MR) is 124 cm³/mol. The lowest BCUT2D eigenvalue weighted by atomic mass is 10.1. The minimum atomic E-state index is 0.637. The van der Waals surface area contributed by atoms with Crippen LogP contribution in [0.4, 0.5) is 0 Å². The number of ether oxygens (including phenoxy) is 4. The molecule has 0 aromatic heterocycles. The van der Waals surface area contributed by atoms with E-state index in [-0.39, 0.29) is 0 Å². The molecule has 29 heavy (non-hydrogen) atoms. The van der Waals surface area contributed by atoms with Gasteiger partial charge in [0.15, 0.2) is 0 Å². The fourth-order valence-electron chi connectivity index (χ4n) is 3.26. The Balaban J connectivity index is 2.97. The van der Waals surface area contributed by atoms with E-state index in [0.717, 1.165) is 19.6 Å². The van der Waals surface area contributed by atoms with Crippen molar-refractivity contribution in [1.29, 1.82) is 0 Å². The van der Waals surface area contributed by atoms with Gasteiger partial charge in [0.25, 0.3) is 0 Å². The molecule has 176 valence electrons. The lowest BCUT2D eigenvalue weighted by molar-refractivity contribution is -0.00248. The van der Waals surface area contributed by atoms with E-state index in [1.54, 1.807) is 0 Å². The van der Waals surface area contributed by atoms with Crippen LogP contribution in [0.25, 0.3) is 0 Å². The third kappa shape index (κ3) is 27.8. The minimum absolute atomic E-state index is 0.637. The molecule has 0 atom stereocenters. The van der Waals surface area contributed by atoms with Crippen LogP contribution < -0.4 is 0 Å². The molecule has 0 bridgehead atoms. The molecule has 0 saturated carbocycles. The molecule has 0 aliphatic rings. The maximum atomic E-state index is 5.63. The first kappa shape index (κ1) is 28.8. The Hall–Kier alpha value is -0.160. The molecule has 0 aliphatic carbocycles. The van der Waals surface area contributed by atoms with Gasteiger partial charge in [0.2, 0.25) is 0 Å². The van der Waals surface area contributed by atoms with E-state index < -0.39 is 0 Å². The zero-order valence-electron chi connectivity index (χ0n) is 19.9. The van der Waals surface area contributed by atoms with Crippen LogP contribution in [0.15, 0.2) is 0 Å². The van der Waals surface area contributed by atoms with Gasteiger partial charge in [-0.15, -0.1) is 0 Å². The Morgan fingerprint density at radius 3 is 0.862 bits per heavy atom. The standard InChI is InChI=1S/C25H52O4/c1-3-5-7-9-10-11-12-13-14-15-17-19-27-21-23-29-25-24-28-22-20-26-18-16-8-6-4-2/h3-25H2,1-2H3. The first-order chi connectivity index (χ1) is 14.4. The molecule has 0 amide bonds. The van der Waals surface area contributed by atoms with Crippen LogP contribution in [-0.4, -0.2) is 52.9 Å². The lowest BCUT2D eigenvalue weighted by Gasteiger charge is -2.07. The second-order valence-corrected chi connectivity index (χ2v) is 8.05. The third-order valence-electron chi connectivity index (χ3n) is 5.15. The first-order valence-electron chi connectivity index (χ1n) is 12.7. The largest absolute Gasteiger partial charge is 0.379 e. The van der Waals surface area contributed by atoms with Crippen molar-refractivity contribution in [1.82, 2.24) is 0 Å². The van der Waals surface area contributed by atoms with Crippen molar-refractivity contribution in [2.24, 2.45) is 0 Å². The van der Waals surface area contributed by atoms with E-state index in [0.29, 0.717) is 39.6 Å². The van der Waals surface area contributed by atoms with Crippen LogP contribution in [0.2, 0.25) is 0 Å². The van der Waals surface area contributed by atoms with Gasteiger partial charge in [-0.1, -0.05) is 97.3 Å². The van der Waals surface area contributed by atoms with Crippen molar-refractivity contribution in [3.63, 3.8) is 0 Å². The van der Waals surface area contributed by atoms with Crippen molar-refractivity contribution >= 4 is 0 Å². The van der Waals surface area contributed by atoms with Gasteiger partial charge in [0.05, 0.1) is 39.6 Å². The summed E-state index contributed by atoms with van der Waals surface area (Å²) in [4.78, 5) is 0. The highest BCUT2D eigenvalue weighted by molar-refractivity contribution is 4.48. The summed E-state index contributed by atoms with van der Waals surface area (Å²) in [5, 5.41) is 0. The van der Waals surface area contributed by atoms with E-state index in [2.05, 4.69) is 13.8 Å². The highest BCUT2D eigenvalue weighted by atomic mass is 16.6. The van der Waals surface area contributed by atoms with Crippen molar-refractivity contribution in [2.75, 3.05) is 52.9 Å². The molecular formula is C25H52O4. The Bertz CT molecular complexity index is 248. The molecule has 0 aromatic rings. The summed E-state index contributed by atoms with van der Waals surface area (Å²) in [6.45, 7) is 10.2. The molecule has 4 nitrogen and oxygen atoms in total. The average molecular weight is 417 g/mol. The Labute approximate surface area is 182 Å². The van der Waals surface area contributed by atoms with Crippen LogP contribution in [0.1, 0.15) is 110 Å². The van der Waals surface area contributed by atoms with Gasteiger partial charge in [-0.2, -0.15) is 0 Å². The van der Waals surface area contributed by atoms with Crippen molar-refractivity contribution in [3.8, 4) is 0 Å². The Morgan fingerprint density at radius 2 is 0.517 bits per heavy atom. The van der Waals surface area contributed by atoms with E-state index in [1.807, 2.05) is 0 Å². The molecule has 0 heterocycles. The highest BCUT2D eigenvalue weighted by Gasteiger charge is 1.95. The summed E-state index contributed by atoms with van der Waals surface area (Å²) in [5.74, 6) is 0. The normalized spacial score (nSPS) is 11.4. The van der Waals surface area contributed by atoms with Gasteiger partial charge in [-0.25, -0.2) is 0 Å². The zero-order valence-corrected chi connectivity index (χ0v) is 19.9. The van der Waals surface area contributed by atoms with E-state index in [9.17, 15) is 0 Å². The monoisotopic (exact) mass is 416 g/mol. The van der Waals surface area contributed by atoms with Gasteiger partial charge in [-0.05, 0) is 12.8 Å². The average Bonchev–Trinajstić information content (AvgIpc) is 2.74. The maximum absolute atomic E-state index is 5.63. The van der Waals surface area contributed by atoms with Crippen LogP contribution in [0.3, 0.4) is 0 Å². The number of unbranched alkanes of at least 4 members (excludes halogenated alkanes) is 13. The molecule has 0 aliphatic heterocycles. The fourth-order valence-corrected chi connectivity index (χ4v) is 3.26. The van der Waals surface area contributed by atoms with Gasteiger partial charge in [0.1, 0.15) is 0 Å². The van der Waals surface area contributed by atoms with Gasteiger partial charge in [-0.3, -0.25) is 0 Å². The summed E-state index contributed by atoms with van der Waals surface area (Å²) >= 11 is 0. The molecule has 0 radical (unpaired) electrons. The third-order valence-corrected chi connectivity index (χ3v) is 5.15. The minimum Gasteiger partial charge on any atom is -0.379 e. The molecular weight excluding hydrogens is 364 g/mol. The van der Waals surface area contributed by atoms with E-state index in [4.69, 9.17) is 18.9 Å². The SMILES string of the molecule is CCCCCCCCCCCCCOCCOCCOCCOCCCCCC. The zero-order chi connectivity index (χ0) is 21.1. The van der Waals surface area contributed by atoms with E-state index >= 15 is 0 Å². The molecule has 0 spiro atoms. The van der Waals surface area contributed by atoms with Crippen LogP contribution >= 0.6 is 0 Å². The topological polar surface area (TPSA) is 36.9 Å². The molecule has 0 rings (SSSR count). The van der Waals surface area contributed by atoms with Crippen LogP contribution in [-0.2, 0) is 18.9 Å². The second-order valence-electron chi connectivity index (χ2n) is 8.05. The van der Waals surface area contributed by atoms with Gasteiger partial charge >= 0.3 is 0 Å². The van der Waals surface area contributed by atoms with Gasteiger partial charge < -0.3 is 18.9 Å². The predicted octanol–water partition coefficient (Wildman–Crippen LogP) is 6.94. The van der Waals surface area contributed by atoms with Crippen molar-refractivity contribution in [2.45, 2.75) is 110 Å². The second kappa shape index (κ2) is 27.8. The lowest BCUT2D eigenvalue weighted by Crippen LogP contribution is -2.12. The molecule has 0 saturated heterocycles. The summed E-state index contributed by atoms with van der Waals surface area (Å²) in [6.07, 6.45) is 20.1. The van der Waals surface area contributed by atoms with Crippen LogP contribution in [0, 0.1) is 0 Å². The number of hydrogen-bond donors (Lipinski definition) is 0. The summed E-state index contributed by atoms with van der Waals surface area (Å²) in [7, 11) is 0.